The Morgan fingerprint density at radius 3 is 2.52 bits per heavy atom. The van der Waals surface area contributed by atoms with Gasteiger partial charge in [0.1, 0.15) is 5.01 Å². The molecule has 2 aromatic carbocycles. The third-order valence-corrected chi connectivity index (χ3v) is 7.03. The van der Waals surface area contributed by atoms with Crippen molar-refractivity contribution in [1.82, 2.24) is 24.4 Å². The minimum Gasteiger partial charge on any atom is -0.336 e. The van der Waals surface area contributed by atoms with Gasteiger partial charge in [-0.05, 0) is 19.1 Å². The molecule has 33 heavy (non-hydrogen) atoms. The molecule has 0 bridgehead atoms. The van der Waals surface area contributed by atoms with Gasteiger partial charge < -0.3 is 4.90 Å². The third kappa shape index (κ3) is 4.55. The van der Waals surface area contributed by atoms with Crippen LogP contribution in [0.5, 0.6) is 0 Å². The molecule has 5 rings (SSSR count). The number of aryl methyl sites for hydroxylation is 1. The summed E-state index contributed by atoms with van der Waals surface area (Å²) in [5, 5.41) is 5.69. The van der Waals surface area contributed by atoms with E-state index in [2.05, 4.69) is 15.0 Å². The summed E-state index contributed by atoms with van der Waals surface area (Å²) >= 11 is 7.59. The van der Waals surface area contributed by atoms with E-state index in [0.717, 1.165) is 10.6 Å². The molecule has 0 N–H and O–H groups in total. The van der Waals surface area contributed by atoms with Crippen LogP contribution < -0.4 is 5.56 Å². The third-order valence-electron chi connectivity index (χ3n) is 5.75. The number of amides is 1. The Balaban J connectivity index is 1.28. The monoisotopic (exact) mass is 479 g/mol. The first-order chi connectivity index (χ1) is 16.0. The average Bonchev–Trinajstić information content (AvgIpc) is 3.25. The van der Waals surface area contributed by atoms with Crippen molar-refractivity contribution >= 4 is 33.8 Å². The fraction of sp³-hybridized carbons (Fsp3) is 0.250. The van der Waals surface area contributed by atoms with Crippen LogP contribution in [0.1, 0.15) is 21.6 Å². The summed E-state index contributed by atoms with van der Waals surface area (Å²) in [6.07, 6.45) is 0. The largest absolute Gasteiger partial charge is 0.336 e. The number of hydrogen-bond acceptors (Lipinski definition) is 6. The summed E-state index contributed by atoms with van der Waals surface area (Å²) in [7, 11) is 0. The zero-order chi connectivity index (χ0) is 22.9. The fourth-order valence-electron chi connectivity index (χ4n) is 3.89. The van der Waals surface area contributed by atoms with Crippen molar-refractivity contribution in [1.29, 1.82) is 0 Å². The summed E-state index contributed by atoms with van der Waals surface area (Å²) in [6, 6.07) is 16.7. The number of benzene rings is 2. The highest BCUT2D eigenvalue weighted by Gasteiger charge is 2.24. The molecule has 0 unspecified atom stereocenters. The molecule has 1 saturated heterocycles. The van der Waals surface area contributed by atoms with Gasteiger partial charge in [0, 0.05) is 44.4 Å². The Kier molecular flexibility index (Phi) is 5.97. The topological polar surface area (TPSA) is 70.8 Å². The van der Waals surface area contributed by atoms with Crippen molar-refractivity contribution in [2.75, 3.05) is 26.2 Å². The van der Waals surface area contributed by atoms with Crippen LogP contribution in [0, 0.1) is 6.92 Å². The average molecular weight is 480 g/mol. The first-order valence-electron chi connectivity index (χ1n) is 10.7. The maximum Gasteiger partial charge on any atom is 0.275 e. The number of carbonyl (C=O) groups is 1. The van der Waals surface area contributed by atoms with E-state index < -0.39 is 0 Å². The van der Waals surface area contributed by atoms with Crippen LogP contribution in [0.15, 0.2) is 59.4 Å². The molecular weight excluding hydrogens is 458 g/mol. The number of aromatic nitrogens is 3. The molecular formula is C24H22ClN5O2S. The lowest BCUT2D eigenvalue weighted by Crippen LogP contribution is -2.48. The lowest BCUT2D eigenvalue weighted by Gasteiger charge is -2.34. The van der Waals surface area contributed by atoms with Gasteiger partial charge in [-0.2, -0.15) is 9.61 Å². The van der Waals surface area contributed by atoms with E-state index in [1.807, 2.05) is 48.2 Å². The number of nitrogens with zero attached hydrogens (tertiary/aromatic N) is 5. The number of fused-ring (bicyclic) bond motifs is 1. The number of halogens is 1. The highest BCUT2D eigenvalue weighted by molar-refractivity contribution is 7.19. The minimum absolute atomic E-state index is 0.0497. The van der Waals surface area contributed by atoms with Gasteiger partial charge in [-0.3, -0.25) is 14.5 Å². The van der Waals surface area contributed by atoms with Gasteiger partial charge in [0.25, 0.3) is 11.5 Å². The maximum atomic E-state index is 12.8. The van der Waals surface area contributed by atoms with Crippen molar-refractivity contribution in [3.8, 4) is 10.6 Å². The lowest BCUT2D eigenvalue weighted by molar-refractivity contribution is 0.0627. The van der Waals surface area contributed by atoms with Gasteiger partial charge in [0.05, 0.1) is 16.3 Å². The maximum absolute atomic E-state index is 12.8. The quantitative estimate of drug-likeness (QED) is 0.446. The van der Waals surface area contributed by atoms with Gasteiger partial charge in [-0.25, -0.2) is 4.98 Å². The molecule has 9 heteroatoms. The number of hydrogen-bond donors (Lipinski definition) is 0. The summed E-state index contributed by atoms with van der Waals surface area (Å²) in [5.41, 5.74) is 3.20. The van der Waals surface area contributed by atoms with Crippen molar-refractivity contribution < 1.29 is 4.79 Å². The van der Waals surface area contributed by atoms with Crippen LogP contribution in [0.3, 0.4) is 0 Å². The molecule has 1 amide bonds. The van der Waals surface area contributed by atoms with E-state index in [1.54, 1.807) is 18.2 Å². The van der Waals surface area contributed by atoms with Crippen molar-refractivity contribution in [3.05, 3.63) is 86.8 Å². The Bertz CT molecular complexity index is 1370. The summed E-state index contributed by atoms with van der Waals surface area (Å²) < 4.78 is 1.36. The van der Waals surface area contributed by atoms with Crippen LogP contribution in [-0.4, -0.2) is 56.5 Å². The molecule has 1 aliphatic heterocycles. The van der Waals surface area contributed by atoms with Gasteiger partial charge in [-0.1, -0.05) is 64.9 Å². The predicted octanol–water partition coefficient (Wildman–Crippen LogP) is 3.74. The Morgan fingerprint density at radius 1 is 1.06 bits per heavy atom. The second-order valence-electron chi connectivity index (χ2n) is 8.10. The second kappa shape index (κ2) is 9.05. The van der Waals surface area contributed by atoms with E-state index in [-0.39, 0.29) is 11.5 Å². The van der Waals surface area contributed by atoms with Gasteiger partial charge in [0.15, 0.2) is 0 Å². The van der Waals surface area contributed by atoms with Crippen molar-refractivity contribution in [3.63, 3.8) is 0 Å². The number of carbonyl (C=O) groups excluding carboxylic acids is 1. The smallest absolute Gasteiger partial charge is 0.275 e. The van der Waals surface area contributed by atoms with Crippen LogP contribution in [-0.2, 0) is 6.54 Å². The van der Waals surface area contributed by atoms with E-state index in [9.17, 15) is 9.59 Å². The molecule has 1 aliphatic rings. The highest BCUT2D eigenvalue weighted by Crippen LogP contribution is 2.25. The molecule has 0 atom stereocenters. The predicted molar refractivity (Wildman–Crippen MR) is 130 cm³/mol. The molecule has 0 spiro atoms. The van der Waals surface area contributed by atoms with Crippen molar-refractivity contribution in [2.45, 2.75) is 13.5 Å². The molecule has 168 valence electrons. The van der Waals surface area contributed by atoms with Crippen LogP contribution in [0.2, 0.25) is 5.02 Å². The standard InChI is InChI=1S/C24H22ClN5O2S/c1-16-6-8-17(9-7-16)22-27-30-21(31)14-18(26-24(30)33-22)15-28-10-12-29(13-11-28)23(32)19-4-2-3-5-20(19)25/h2-9,14H,10-13,15H2,1H3. The SMILES string of the molecule is Cc1ccc(-c2nn3c(=O)cc(CN4CCN(C(=O)c5ccccc5Cl)CC4)nc3s2)cc1. The summed E-state index contributed by atoms with van der Waals surface area (Å²) in [4.78, 5) is 34.7. The molecule has 4 aromatic rings. The first kappa shape index (κ1) is 21.8. The van der Waals surface area contributed by atoms with Gasteiger partial charge >= 0.3 is 0 Å². The Hall–Kier alpha value is -3.07. The Labute approximate surface area is 199 Å². The summed E-state index contributed by atoms with van der Waals surface area (Å²) in [5.74, 6) is -0.0497. The number of piperazine rings is 1. The fourth-order valence-corrected chi connectivity index (χ4v) is 5.04. The van der Waals surface area contributed by atoms with Crippen molar-refractivity contribution in [2.24, 2.45) is 0 Å². The molecule has 2 aromatic heterocycles. The zero-order valence-electron chi connectivity index (χ0n) is 18.1. The summed E-state index contributed by atoms with van der Waals surface area (Å²) in [6.45, 7) is 5.19. The van der Waals surface area contributed by atoms with Crippen LogP contribution in [0.25, 0.3) is 15.5 Å². The van der Waals surface area contributed by atoms with Gasteiger partial charge in [0.2, 0.25) is 4.96 Å². The molecule has 7 nitrogen and oxygen atoms in total. The first-order valence-corrected chi connectivity index (χ1v) is 11.9. The molecule has 1 fully saturated rings. The Morgan fingerprint density at radius 2 is 1.79 bits per heavy atom. The van der Waals surface area contributed by atoms with Crippen LogP contribution in [0.4, 0.5) is 0 Å². The highest BCUT2D eigenvalue weighted by atomic mass is 35.5. The second-order valence-corrected chi connectivity index (χ2v) is 9.46. The van der Waals surface area contributed by atoms with Crippen LogP contribution >= 0.6 is 22.9 Å². The normalized spacial score (nSPS) is 14.7. The zero-order valence-corrected chi connectivity index (χ0v) is 19.6. The molecule has 0 radical (unpaired) electrons. The van der Waals surface area contributed by atoms with E-state index in [1.165, 1.54) is 21.4 Å². The van der Waals surface area contributed by atoms with E-state index in [0.29, 0.717) is 54.0 Å². The minimum atomic E-state index is -0.183. The van der Waals surface area contributed by atoms with E-state index >= 15 is 0 Å². The molecule has 0 aliphatic carbocycles. The lowest BCUT2D eigenvalue weighted by atomic mass is 10.1. The number of rotatable bonds is 4. The molecule has 3 heterocycles. The van der Waals surface area contributed by atoms with Gasteiger partial charge in [-0.15, -0.1) is 0 Å². The molecule has 0 saturated carbocycles. The van der Waals surface area contributed by atoms with E-state index in [4.69, 9.17) is 11.6 Å².